The second-order valence-electron chi connectivity index (χ2n) is 3.99. The topological polar surface area (TPSA) is 84.5 Å². The molecule has 0 radical (unpaired) electrons. The van der Waals surface area contributed by atoms with Crippen molar-refractivity contribution in [1.82, 2.24) is 10.6 Å². The molecule has 0 aliphatic carbocycles. The predicted octanol–water partition coefficient (Wildman–Crippen LogP) is 1.03. The largest absolute Gasteiger partial charge is 0.480 e. The molecule has 0 bridgehead atoms. The summed E-state index contributed by atoms with van der Waals surface area (Å²) in [4.78, 5) is 33.5. The summed E-state index contributed by atoms with van der Waals surface area (Å²) in [5, 5.41) is 4.36. The van der Waals surface area contributed by atoms with Crippen LogP contribution in [0.2, 0.25) is 0 Å². The lowest BCUT2D eigenvalue weighted by Crippen LogP contribution is -2.44. The van der Waals surface area contributed by atoms with Crippen LogP contribution in [0.25, 0.3) is 0 Å². The maximum absolute atomic E-state index is 11.6. The Labute approximate surface area is 111 Å². The maximum Gasteiger partial charge on any atom is 0.321 e. The standard InChI is InChI=1S/C13H16N2O4/c1-8-4-5-11(10(6-8)7-16)19-9(2)12(17)15-13(18)14-3/h4-7,9H,1-3H3,(H2,14,15,17,18). The molecule has 6 nitrogen and oxygen atoms in total. The van der Waals surface area contributed by atoms with Crippen LogP contribution in [0.1, 0.15) is 22.8 Å². The zero-order chi connectivity index (χ0) is 14.4. The van der Waals surface area contributed by atoms with Crippen molar-refractivity contribution in [3.8, 4) is 5.75 Å². The summed E-state index contributed by atoms with van der Waals surface area (Å²) in [6, 6.07) is 4.43. The summed E-state index contributed by atoms with van der Waals surface area (Å²) in [5.74, 6) is -0.281. The van der Waals surface area contributed by atoms with Gasteiger partial charge in [0.25, 0.3) is 5.91 Å². The van der Waals surface area contributed by atoms with Crippen LogP contribution in [0.3, 0.4) is 0 Å². The van der Waals surface area contributed by atoms with Gasteiger partial charge in [0, 0.05) is 7.05 Å². The molecule has 1 aromatic rings. The Bertz CT molecular complexity index is 499. The Hall–Kier alpha value is -2.37. The first kappa shape index (κ1) is 14.7. The first-order chi connectivity index (χ1) is 8.97. The molecule has 2 N–H and O–H groups in total. The third-order valence-corrected chi connectivity index (χ3v) is 2.43. The molecule has 3 amide bonds. The Morgan fingerprint density at radius 3 is 2.63 bits per heavy atom. The number of urea groups is 1. The Balaban J connectivity index is 2.76. The normalized spacial score (nSPS) is 11.3. The van der Waals surface area contributed by atoms with E-state index >= 15 is 0 Å². The third kappa shape index (κ3) is 4.09. The van der Waals surface area contributed by atoms with Crippen molar-refractivity contribution in [2.45, 2.75) is 20.0 Å². The van der Waals surface area contributed by atoms with E-state index in [-0.39, 0.29) is 0 Å². The predicted molar refractivity (Wildman–Crippen MR) is 69.3 cm³/mol. The van der Waals surface area contributed by atoms with Gasteiger partial charge in [0.15, 0.2) is 12.4 Å². The highest BCUT2D eigenvalue weighted by molar-refractivity contribution is 5.96. The fourth-order valence-corrected chi connectivity index (χ4v) is 1.39. The minimum Gasteiger partial charge on any atom is -0.480 e. The Kier molecular flexibility index (Phi) is 5.05. The molecule has 0 heterocycles. The fraction of sp³-hybridized carbons (Fsp3) is 0.308. The number of benzene rings is 1. The molecule has 0 aromatic heterocycles. The third-order valence-electron chi connectivity index (χ3n) is 2.43. The zero-order valence-corrected chi connectivity index (χ0v) is 11.0. The van der Waals surface area contributed by atoms with E-state index < -0.39 is 18.0 Å². The van der Waals surface area contributed by atoms with Crippen molar-refractivity contribution in [2.24, 2.45) is 0 Å². The maximum atomic E-state index is 11.6. The average Bonchev–Trinajstić information content (AvgIpc) is 2.40. The molecule has 0 saturated carbocycles. The molecular formula is C13H16N2O4. The van der Waals surface area contributed by atoms with E-state index in [9.17, 15) is 14.4 Å². The minimum absolute atomic E-state index is 0.306. The van der Waals surface area contributed by atoms with Gasteiger partial charge in [0.1, 0.15) is 5.75 Å². The summed E-state index contributed by atoms with van der Waals surface area (Å²) in [6.45, 7) is 3.34. The molecule has 6 heteroatoms. The molecule has 1 aromatic carbocycles. The quantitative estimate of drug-likeness (QED) is 0.795. The van der Waals surface area contributed by atoms with Crippen LogP contribution in [-0.4, -0.2) is 31.4 Å². The number of hydrogen-bond donors (Lipinski definition) is 2. The molecule has 0 aliphatic heterocycles. The van der Waals surface area contributed by atoms with Crippen LogP contribution < -0.4 is 15.4 Å². The number of carbonyl (C=O) groups is 3. The van der Waals surface area contributed by atoms with Crippen molar-refractivity contribution in [3.05, 3.63) is 29.3 Å². The number of ether oxygens (including phenoxy) is 1. The molecule has 0 saturated heterocycles. The van der Waals surface area contributed by atoms with Gasteiger partial charge in [0.2, 0.25) is 0 Å². The van der Waals surface area contributed by atoms with E-state index in [2.05, 4.69) is 10.6 Å². The van der Waals surface area contributed by atoms with Gasteiger partial charge in [-0.15, -0.1) is 0 Å². The van der Waals surface area contributed by atoms with Crippen LogP contribution in [0.15, 0.2) is 18.2 Å². The van der Waals surface area contributed by atoms with E-state index in [1.165, 1.54) is 14.0 Å². The molecule has 1 rings (SSSR count). The van der Waals surface area contributed by atoms with E-state index in [4.69, 9.17) is 4.74 Å². The monoisotopic (exact) mass is 264 g/mol. The van der Waals surface area contributed by atoms with Crippen LogP contribution in [-0.2, 0) is 4.79 Å². The molecule has 102 valence electrons. The fourth-order valence-electron chi connectivity index (χ4n) is 1.39. The van der Waals surface area contributed by atoms with Crippen LogP contribution in [0, 0.1) is 6.92 Å². The number of aldehydes is 1. The lowest BCUT2D eigenvalue weighted by atomic mass is 10.1. The molecule has 1 unspecified atom stereocenters. The Morgan fingerprint density at radius 2 is 2.05 bits per heavy atom. The van der Waals surface area contributed by atoms with Gasteiger partial charge >= 0.3 is 6.03 Å². The molecule has 19 heavy (non-hydrogen) atoms. The summed E-state index contributed by atoms with van der Waals surface area (Å²) in [7, 11) is 1.40. The van der Waals surface area contributed by atoms with Crippen molar-refractivity contribution >= 4 is 18.2 Å². The van der Waals surface area contributed by atoms with Crippen LogP contribution in [0.4, 0.5) is 4.79 Å². The highest BCUT2D eigenvalue weighted by Crippen LogP contribution is 2.19. The first-order valence-electron chi connectivity index (χ1n) is 5.73. The number of rotatable bonds is 4. The number of aryl methyl sites for hydroxylation is 1. The van der Waals surface area contributed by atoms with Gasteiger partial charge in [-0.05, 0) is 26.0 Å². The van der Waals surface area contributed by atoms with Crippen LogP contribution in [0.5, 0.6) is 5.75 Å². The van der Waals surface area contributed by atoms with Gasteiger partial charge in [-0.2, -0.15) is 0 Å². The SMILES string of the molecule is CNC(=O)NC(=O)C(C)Oc1ccc(C)cc1C=O. The van der Waals surface area contributed by atoms with E-state index in [1.54, 1.807) is 18.2 Å². The summed E-state index contributed by atoms with van der Waals surface area (Å²) in [6.07, 6.45) is -0.232. The van der Waals surface area contributed by atoms with E-state index in [1.807, 2.05) is 6.92 Å². The second kappa shape index (κ2) is 6.53. The van der Waals surface area contributed by atoms with Gasteiger partial charge in [-0.25, -0.2) is 4.79 Å². The number of hydrogen-bond acceptors (Lipinski definition) is 4. The highest BCUT2D eigenvalue weighted by atomic mass is 16.5. The smallest absolute Gasteiger partial charge is 0.321 e. The minimum atomic E-state index is -0.890. The van der Waals surface area contributed by atoms with Gasteiger partial charge in [-0.1, -0.05) is 11.6 Å². The van der Waals surface area contributed by atoms with Gasteiger partial charge in [-0.3, -0.25) is 14.9 Å². The van der Waals surface area contributed by atoms with E-state index in [0.29, 0.717) is 17.6 Å². The number of carbonyl (C=O) groups excluding carboxylic acids is 3. The Morgan fingerprint density at radius 1 is 1.37 bits per heavy atom. The van der Waals surface area contributed by atoms with Gasteiger partial charge in [0.05, 0.1) is 5.56 Å². The molecule has 1 atom stereocenters. The summed E-state index contributed by atoms with van der Waals surface area (Å²) < 4.78 is 5.38. The molecule has 0 fully saturated rings. The summed E-state index contributed by atoms with van der Waals surface area (Å²) >= 11 is 0. The van der Waals surface area contributed by atoms with Crippen molar-refractivity contribution in [1.29, 1.82) is 0 Å². The summed E-state index contributed by atoms with van der Waals surface area (Å²) in [5.41, 5.74) is 1.27. The van der Waals surface area contributed by atoms with Crippen molar-refractivity contribution in [3.63, 3.8) is 0 Å². The van der Waals surface area contributed by atoms with Crippen molar-refractivity contribution < 1.29 is 19.1 Å². The lowest BCUT2D eigenvalue weighted by Gasteiger charge is -2.15. The first-order valence-corrected chi connectivity index (χ1v) is 5.73. The highest BCUT2D eigenvalue weighted by Gasteiger charge is 2.18. The van der Waals surface area contributed by atoms with Gasteiger partial charge < -0.3 is 10.1 Å². The van der Waals surface area contributed by atoms with Crippen molar-refractivity contribution in [2.75, 3.05) is 7.05 Å². The molecular weight excluding hydrogens is 248 g/mol. The zero-order valence-electron chi connectivity index (χ0n) is 11.0. The second-order valence-corrected chi connectivity index (χ2v) is 3.99. The lowest BCUT2D eigenvalue weighted by molar-refractivity contribution is -0.126. The number of amides is 3. The number of nitrogens with one attached hydrogen (secondary N) is 2. The molecule has 0 spiro atoms. The average molecular weight is 264 g/mol. The van der Waals surface area contributed by atoms with E-state index in [0.717, 1.165) is 5.56 Å². The molecule has 0 aliphatic rings. The number of imide groups is 1. The van der Waals surface area contributed by atoms with Crippen LogP contribution >= 0.6 is 0 Å².